The average Bonchev–Trinajstić information content (AvgIpc) is 2.99. The van der Waals surface area contributed by atoms with Gasteiger partial charge in [0.2, 0.25) is 0 Å². The quantitative estimate of drug-likeness (QED) is 0.720. The van der Waals surface area contributed by atoms with Crippen molar-refractivity contribution in [3.8, 4) is 0 Å². The summed E-state index contributed by atoms with van der Waals surface area (Å²) in [6, 6.07) is 7.68. The molecule has 0 bridgehead atoms. The topological polar surface area (TPSA) is 88.7 Å². The van der Waals surface area contributed by atoms with E-state index in [4.69, 9.17) is 0 Å². The first-order valence-corrected chi connectivity index (χ1v) is 9.21. The Hall–Kier alpha value is -2.80. The number of para-hydroxylation sites is 1. The molecule has 7 nitrogen and oxygen atoms in total. The van der Waals surface area contributed by atoms with Crippen molar-refractivity contribution in [2.24, 2.45) is 0 Å². The van der Waals surface area contributed by atoms with E-state index in [9.17, 15) is 14.7 Å². The number of hydrogen-bond acceptors (Lipinski definition) is 3. The van der Waals surface area contributed by atoms with Crippen LogP contribution in [0.5, 0.6) is 0 Å². The van der Waals surface area contributed by atoms with Gasteiger partial charge in [0.15, 0.2) is 0 Å². The summed E-state index contributed by atoms with van der Waals surface area (Å²) in [6.07, 6.45) is 1.50. The van der Waals surface area contributed by atoms with Gasteiger partial charge in [-0.2, -0.15) is 0 Å². The number of hydrogen-bond donors (Lipinski definition) is 3. The highest BCUT2D eigenvalue weighted by Gasteiger charge is 2.37. The molecule has 2 aromatic rings. The van der Waals surface area contributed by atoms with Gasteiger partial charge in [-0.05, 0) is 11.6 Å². The lowest BCUT2D eigenvalue weighted by Crippen LogP contribution is -2.51. The van der Waals surface area contributed by atoms with E-state index < -0.39 is 11.4 Å². The van der Waals surface area contributed by atoms with Crippen LogP contribution in [0.25, 0.3) is 16.5 Å². The molecule has 0 saturated carbocycles. The molecule has 2 aliphatic heterocycles. The molecular formula is C20H24N4O3. The average molecular weight is 368 g/mol. The smallest absolute Gasteiger partial charge is 0.339 e. The van der Waals surface area contributed by atoms with Crippen molar-refractivity contribution in [3.05, 3.63) is 41.7 Å². The summed E-state index contributed by atoms with van der Waals surface area (Å²) in [6.45, 7) is 7.29. The lowest BCUT2D eigenvalue weighted by Gasteiger charge is -2.35. The highest BCUT2D eigenvalue weighted by atomic mass is 16.4. The van der Waals surface area contributed by atoms with Crippen molar-refractivity contribution in [1.82, 2.24) is 20.1 Å². The van der Waals surface area contributed by atoms with Gasteiger partial charge < -0.3 is 20.3 Å². The summed E-state index contributed by atoms with van der Waals surface area (Å²) in [5, 5.41) is 14.1. The van der Waals surface area contributed by atoms with Crippen LogP contribution in [0.1, 0.15) is 25.1 Å². The molecule has 7 heteroatoms. The molecular weight excluding hydrogens is 344 g/mol. The summed E-state index contributed by atoms with van der Waals surface area (Å²) in [7, 11) is 0. The molecule has 0 unspecified atom stereocenters. The number of carbonyl (C=O) groups is 2. The Bertz CT molecular complexity index is 938. The van der Waals surface area contributed by atoms with Crippen molar-refractivity contribution >= 4 is 28.5 Å². The Kier molecular flexibility index (Phi) is 4.19. The Morgan fingerprint density at radius 2 is 1.85 bits per heavy atom. The van der Waals surface area contributed by atoms with E-state index in [1.165, 1.54) is 6.20 Å². The molecule has 2 aliphatic rings. The summed E-state index contributed by atoms with van der Waals surface area (Å²) in [5.74, 6) is -1.04. The number of nitrogens with zero attached hydrogens (tertiary/aromatic N) is 2. The molecule has 3 N–H and O–H groups in total. The van der Waals surface area contributed by atoms with Gasteiger partial charge in [-0.15, -0.1) is 0 Å². The molecule has 142 valence electrons. The van der Waals surface area contributed by atoms with Crippen molar-refractivity contribution < 1.29 is 14.7 Å². The van der Waals surface area contributed by atoms with Gasteiger partial charge in [0, 0.05) is 55.2 Å². The van der Waals surface area contributed by atoms with Crippen LogP contribution in [0.3, 0.4) is 0 Å². The number of urea groups is 1. The van der Waals surface area contributed by atoms with Gasteiger partial charge in [0.25, 0.3) is 0 Å². The zero-order valence-electron chi connectivity index (χ0n) is 15.6. The number of fused-ring (bicyclic) bond motifs is 3. The predicted molar refractivity (Wildman–Crippen MR) is 103 cm³/mol. The zero-order chi connectivity index (χ0) is 19.2. The Labute approximate surface area is 157 Å². The maximum absolute atomic E-state index is 13.1. The normalized spacial score (nSPS) is 19.4. The fraction of sp³-hybridized carbons (Fsp3) is 0.400. The molecule has 1 fully saturated rings. The van der Waals surface area contributed by atoms with Crippen LogP contribution in [-0.4, -0.2) is 64.6 Å². The second-order valence-corrected chi connectivity index (χ2v) is 7.80. The fourth-order valence-corrected chi connectivity index (χ4v) is 4.14. The highest BCUT2D eigenvalue weighted by Crippen LogP contribution is 2.40. The summed E-state index contributed by atoms with van der Waals surface area (Å²) in [5.41, 5.74) is 2.15. The maximum Gasteiger partial charge on any atom is 0.339 e. The molecule has 0 radical (unpaired) electrons. The number of nitrogens with one attached hydrogen (secondary N) is 2. The summed E-state index contributed by atoms with van der Waals surface area (Å²) < 4.78 is 0. The molecule has 1 aromatic heterocycles. The van der Waals surface area contributed by atoms with Crippen molar-refractivity contribution in [1.29, 1.82) is 0 Å². The molecule has 0 aliphatic carbocycles. The van der Waals surface area contributed by atoms with Crippen molar-refractivity contribution in [2.45, 2.75) is 19.3 Å². The van der Waals surface area contributed by atoms with Gasteiger partial charge in [0.1, 0.15) is 0 Å². The van der Waals surface area contributed by atoms with Gasteiger partial charge in [-0.1, -0.05) is 32.0 Å². The third-order valence-electron chi connectivity index (χ3n) is 5.37. The highest BCUT2D eigenvalue weighted by molar-refractivity contribution is 6.17. The van der Waals surface area contributed by atoms with E-state index in [0.29, 0.717) is 25.3 Å². The van der Waals surface area contributed by atoms with Gasteiger partial charge in [-0.25, -0.2) is 9.59 Å². The number of carbonyl (C=O) groups excluding carboxylic acids is 1. The predicted octanol–water partition coefficient (Wildman–Crippen LogP) is 2.21. The largest absolute Gasteiger partial charge is 0.478 e. The minimum atomic E-state index is -1.04. The second kappa shape index (κ2) is 6.42. The van der Waals surface area contributed by atoms with Gasteiger partial charge in [-0.3, -0.25) is 4.90 Å². The minimum absolute atomic E-state index is 0.121. The standard InChI is InChI=1S/C20H24N4O3/c1-20(2)12-24(19(27)23-9-7-21-8-10-23)11-14(18(25)26)17-16(20)13-5-3-4-6-15(13)22-17/h3-6,11,21-22H,7-10,12H2,1-2H3,(H,25,26). The van der Waals surface area contributed by atoms with Crippen LogP contribution in [0, 0.1) is 0 Å². The molecule has 27 heavy (non-hydrogen) atoms. The Morgan fingerprint density at radius 1 is 1.15 bits per heavy atom. The molecule has 2 amide bonds. The second-order valence-electron chi connectivity index (χ2n) is 7.80. The van der Waals surface area contributed by atoms with Gasteiger partial charge in [0.05, 0.1) is 11.3 Å². The minimum Gasteiger partial charge on any atom is -0.478 e. The molecule has 0 spiro atoms. The van der Waals surface area contributed by atoms with Gasteiger partial charge >= 0.3 is 12.0 Å². The zero-order valence-corrected chi connectivity index (χ0v) is 15.6. The third-order valence-corrected chi connectivity index (χ3v) is 5.37. The summed E-state index contributed by atoms with van der Waals surface area (Å²) in [4.78, 5) is 31.7. The fourth-order valence-electron chi connectivity index (χ4n) is 4.14. The van der Waals surface area contributed by atoms with Crippen LogP contribution in [0.15, 0.2) is 30.5 Å². The van der Waals surface area contributed by atoms with E-state index in [-0.39, 0.29) is 11.6 Å². The number of rotatable bonds is 1. The number of amides is 2. The maximum atomic E-state index is 13.1. The van der Waals surface area contributed by atoms with E-state index in [2.05, 4.69) is 24.1 Å². The number of piperazine rings is 1. The lowest BCUT2D eigenvalue weighted by molar-refractivity contribution is -0.130. The monoisotopic (exact) mass is 368 g/mol. The number of aromatic amines is 1. The molecule has 0 atom stereocenters. The molecule has 1 aromatic carbocycles. The molecule has 4 rings (SSSR count). The van der Waals surface area contributed by atoms with Crippen molar-refractivity contribution in [3.63, 3.8) is 0 Å². The van der Waals surface area contributed by atoms with Crippen LogP contribution < -0.4 is 5.32 Å². The third kappa shape index (κ3) is 2.98. The number of benzene rings is 1. The Balaban J connectivity index is 1.83. The number of aromatic nitrogens is 1. The first kappa shape index (κ1) is 17.6. The Morgan fingerprint density at radius 3 is 2.56 bits per heavy atom. The van der Waals surface area contributed by atoms with Crippen molar-refractivity contribution in [2.75, 3.05) is 32.7 Å². The number of aliphatic carboxylic acids is 1. The molecule has 1 saturated heterocycles. The first-order valence-electron chi connectivity index (χ1n) is 9.21. The van der Waals surface area contributed by atoms with Crippen LogP contribution in [0.2, 0.25) is 0 Å². The van der Waals surface area contributed by atoms with Crippen LogP contribution in [-0.2, 0) is 10.2 Å². The van der Waals surface area contributed by atoms with E-state index in [1.807, 2.05) is 24.3 Å². The summed E-state index contributed by atoms with van der Waals surface area (Å²) >= 11 is 0. The molecule has 3 heterocycles. The van der Waals surface area contributed by atoms with E-state index in [1.54, 1.807) is 9.80 Å². The first-order chi connectivity index (χ1) is 12.9. The van der Waals surface area contributed by atoms with Crippen LogP contribution in [0.4, 0.5) is 4.79 Å². The van der Waals surface area contributed by atoms with E-state index >= 15 is 0 Å². The SMILES string of the molecule is CC1(C)CN(C(=O)N2CCNCC2)C=C(C(=O)O)c2[nH]c3ccccc3c21. The number of carboxylic acids is 1. The van der Waals surface area contributed by atoms with Crippen LogP contribution >= 0.6 is 0 Å². The lowest BCUT2D eigenvalue weighted by atomic mass is 9.82. The number of carboxylic acid groups (broad SMARTS) is 1. The van der Waals surface area contributed by atoms with E-state index in [0.717, 1.165) is 29.6 Å². The number of H-pyrrole nitrogens is 1.